The molecular formula is C12H15NO2. The van der Waals surface area contributed by atoms with E-state index in [0.717, 1.165) is 5.56 Å². The summed E-state index contributed by atoms with van der Waals surface area (Å²) in [6, 6.07) is 4.98. The normalized spacial score (nSPS) is 9.67. The van der Waals surface area contributed by atoms with Crippen molar-refractivity contribution < 1.29 is 9.90 Å². The molecule has 0 fully saturated rings. The van der Waals surface area contributed by atoms with Crippen molar-refractivity contribution in [1.82, 2.24) is 0 Å². The number of aromatic hydroxyl groups is 1. The van der Waals surface area contributed by atoms with E-state index in [1.165, 1.54) is 0 Å². The molecule has 1 aromatic rings. The predicted octanol–water partition coefficient (Wildman–Crippen LogP) is 2.61. The number of hydrogen-bond acceptors (Lipinski definition) is 2. The molecule has 80 valence electrons. The smallest absolute Gasteiger partial charge is 0.224 e. The largest absolute Gasteiger partial charge is 0.508 e. The van der Waals surface area contributed by atoms with Crippen LogP contribution in [-0.2, 0) is 4.79 Å². The van der Waals surface area contributed by atoms with Crippen molar-refractivity contribution in [3.63, 3.8) is 0 Å². The Morgan fingerprint density at radius 1 is 1.60 bits per heavy atom. The second-order valence-electron chi connectivity index (χ2n) is 3.38. The molecule has 2 N–H and O–H groups in total. The first-order valence-corrected chi connectivity index (χ1v) is 4.84. The van der Waals surface area contributed by atoms with Gasteiger partial charge in [-0.3, -0.25) is 4.79 Å². The fourth-order valence-corrected chi connectivity index (χ4v) is 1.19. The van der Waals surface area contributed by atoms with Crippen molar-refractivity contribution in [2.75, 3.05) is 5.32 Å². The van der Waals surface area contributed by atoms with Crippen LogP contribution in [0.3, 0.4) is 0 Å². The highest BCUT2D eigenvalue weighted by molar-refractivity contribution is 5.90. The molecule has 1 aromatic carbocycles. The maximum atomic E-state index is 11.3. The minimum atomic E-state index is -0.0417. The SMILES string of the molecule is C=CCCC(=O)Nc1ccc(O)c(C)c1. The lowest BCUT2D eigenvalue weighted by Crippen LogP contribution is -2.10. The van der Waals surface area contributed by atoms with Crippen LogP contribution in [0.4, 0.5) is 5.69 Å². The number of carbonyl (C=O) groups is 1. The molecule has 0 aliphatic carbocycles. The number of phenolic OH excluding ortho intramolecular Hbond substituents is 1. The van der Waals surface area contributed by atoms with Crippen molar-refractivity contribution in [2.45, 2.75) is 19.8 Å². The van der Waals surface area contributed by atoms with Crippen LogP contribution in [0.1, 0.15) is 18.4 Å². The predicted molar refractivity (Wildman–Crippen MR) is 60.9 cm³/mol. The molecule has 0 unspecified atom stereocenters. The minimum Gasteiger partial charge on any atom is -0.508 e. The molecule has 0 radical (unpaired) electrons. The molecular weight excluding hydrogens is 190 g/mol. The van der Waals surface area contributed by atoms with Gasteiger partial charge in [-0.25, -0.2) is 0 Å². The van der Waals surface area contributed by atoms with E-state index in [2.05, 4.69) is 11.9 Å². The Hall–Kier alpha value is -1.77. The highest BCUT2D eigenvalue weighted by Gasteiger charge is 2.02. The molecule has 1 rings (SSSR count). The van der Waals surface area contributed by atoms with Crippen LogP contribution in [0.25, 0.3) is 0 Å². The second-order valence-corrected chi connectivity index (χ2v) is 3.38. The van der Waals surface area contributed by atoms with E-state index in [-0.39, 0.29) is 11.7 Å². The summed E-state index contributed by atoms with van der Waals surface area (Å²) in [5, 5.41) is 12.0. The third kappa shape index (κ3) is 3.46. The van der Waals surface area contributed by atoms with E-state index in [1.54, 1.807) is 31.2 Å². The fourth-order valence-electron chi connectivity index (χ4n) is 1.19. The van der Waals surface area contributed by atoms with E-state index < -0.39 is 0 Å². The molecule has 1 amide bonds. The maximum Gasteiger partial charge on any atom is 0.224 e. The maximum absolute atomic E-state index is 11.3. The lowest BCUT2D eigenvalue weighted by atomic mass is 10.2. The summed E-state index contributed by atoms with van der Waals surface area (Å²) in [5.41, 5.74) is 1.45. The fraction of sp³-hybridized carbons (Fsp3) is 0.250. The summed E-state index contributed by atoms with van der Waals surface area (Å²) in [6.45, 7) is 5.34. The van der Waals surface area contributed by atoms with Gasteiger partial charge in [0.05, 0.1) is 0 Å². The summed E-state index contributed by atoms with van der Waals surface area (Å²) in [7, 11) is 0. The zero-order valence-corrected chi connectivity index (χ0v) is 8.79. The molecule has 0 heterocycles. The van der Waals surface area contributed by atoms with Crippen LogP contribution in [0.2, 0.25) is 0 Å². The van der Waals surface area contributed by atoms with Gasteiger partial charge < -0.3 is 10.4 Å². The zero-order chi connectivity index (χ0) is 11.3. The number of hydrogen-bond donors (Lipinski definition) is 2. The Kier molecular flexibility index (Phi) is 3.92. The lowest BCUT2D eigenvalue weighted by Gasteiger charge is -2.06. The number of anilines is 1. The van der Waals surface area contributed by atoms with Crippen molar-refractivity contribution in [1.29, 1.82) is 0 Å². The molecule has 3 heteroatoms. The van der Waals surface area contributed by atoms with Crippen LogP contribution >= 0.6 is 0 Å². The molecule has 3 nitrogen and oxygen atoms in total. The number of allylic oxidation sites excluding steroid dienone is 1. The monoisotopic (exact) mass is 205 g/mol. The number of rotatable bonds is 4. The number of phenols is 1. The number of nitrogens with one attached hydrogen (secondary N) is 1. The molecule has 0 spiro atoms. The number of benzene rings is 1. The van der Waals surface area contributed by atoms with Gasteiger partial charge in [0.1, 0.15) is 5.75 Å². The van der Waals surface area contributed by atoms with Gasteiger partial charge in [0.15, 0.2) is 0 Å². The van der Waals surface area contributed by atoms with Gasteiger partial charge in [0.2, 0.25) is 5.91 Å². The summed E-state index contributed by atoms with van der Waals surface area (Å²) in [4.78, 5) is 11.3. The van der Waals surface area contributed by atoms with Crippen LogP contribution in [-0.4, -0.2) is 11.0 Å². The average molecular weight is 205 g/mol. The van der Waals surface area contributed by atoms with E-state index in [1.807, 2.05) is 0 Å². The first-order valence-electron chi connectivity index (χ1n) is 4.84. The number of carbonyl (C=O) groups excluding carboxylic acids is 1. The third-order valence-electron chi connectivity index (χ3n) is 2.06. The van der Waals surface area contributed by atoms with Crippen molar-refractivity contribution in [3.05, 3.63) is 36.4 Å². The molecule has 0 bridgehead atoms. The summed E-state index contributed by atoms with van der Waals surface area (Å²) < 4.78 is 0. The van der Waals surface area contributed by atoms with Crippen LogP contribution in [0.5, 0.6) is 5.75 Å². The van der Waals surface area contributed by atoms with E-state index in [4.69, 9.17) is 0 Å². The molecule has 0 aliphatic heterocycles. The third-order valence-corrected chi connectivity index (χ3v) is 2.06. The minimum absolute atomic E-state index is 0.0417. The van der Waals surface area contributed by atoms with E-state index in [9.17, 15) is 9.90 Å². The molecule has 0 saturated heterocycles. The average Bonchev–Trinajstić information content (AvgIpc) is 2.20. The molecule has 15 heavy (non-hydrogen) atoms. The van der Waals surface area contributed by atoms with Gasteiger partial charge in [-0.05, 0) is 37.1 Å². The number of aryl methyl sites for hydroxylation is 1. The van der Waals surface area contributed by atoms with Crippen molar-refractivity contribution >= 4 is 11.6 Å². The Morgan fingerprint density at radius 3 is 2.93 bits per heavy atom. The molecule has 0 aromatic heterocycles. The van der Waals surface area contributed by atoms with Crippen molar-refractivity contribution in [2.24, 2.45) is 0 Å². The van der Waals surface area contributed by atoms with Crippen LogP contribution in [0.15, 0.2) is 30.9 Å². The first kappa shape index (κ1) is 11.3. The van der Waals surface area contributed by atoms with E-state index in [0.29, 0.717) is 18.5 Å². The van der Waals surface area contributed by atoms with Crippen molar-refractivity contribution in [3.8, 4) is 5.75 Å². The Morgan fingerprint density at radius 2 is 2.33 bits per heavy atom. The summed E-state index contributed by atoms with van der Waals surface area (Å²) >= 11 is 0. The highest BCUT2D eigenvalue weighted by Crippen LogP contribution is 2.20. The Bertz CT molecular complexity index is 372. The Balaban J connectivity index is 2.60. The van der Waals surface area contributed by atoms with Gasteiger partial charge in [-0.1, -0.05) is 6.08 Å². The topological polar surface area (TPSA) is 49.3 Å². The number of amides is 1. The standard InChI is InChI=1S/C12H15NO2/c1-3-4-5-12(15)13-10-6-7-11(14)9(2)8-10/h3,6-8,14H,1,4-5H2,2H3,(H,13,15). The molecule has 0 atom stereocenters. The quantitative estimate of drug-likeness (QED) is 0.586. The van der Waals surface area contributed by atoms with Gasteiger partial charge in [-0.2, -0.15) is 0 Å². The van der Waals surface area contributed by atoms with Crippen LogP contribution in [0, 0.1) is 6.92 Å². The van der Waals surface area contributed by atoms with Gasteiger partial charge in [0.25, 0.3) is 0 Å². The lowest BCUT2D eigenvalue weighted by molar-refractivity contribution is -0.116. The molecule has 0 aliphatic rings. The van der Waals surface area contributed by atoms with Crippen LogP contribution < -0.4 is 5.32 Å². The summed E-state index contributed by atoms with van der Waals surface area (Å²) in [6.07, 6.45) is 2.81. The van der Waals surface area contributed by atoms with Gasteiger partial charge in [-0.15, -0.1) is 6.58 Å². The first-order chi connectivity index (χ1) is 7.13. The van der Waals surface area contributed by atoms with E-state index >= 15 is 0 Å². The Labute approximate surface area is 89.4 Å². The van der Waals surface area contributed by atoms with Gasteiger partial charge in [0, 0.05) is 12.1 Å². The second kappa shape index (κ2) is 5.20. The molecule has 0 saturated carbocycles. The highest BCUT2D eigenvalue weighted by atomic mass is 16.3. The summed E-state index contributed by atoms with van der Waals surface area (Å²) in [5.74, 6) is 0.194. The van der Waals surface area contributed by atoms with Gasteiger partial charge >= 0.3 is 0 Å². The zero-order valence-electron chi connectivity index (χ0n) is 8.79.